The van der Waals surface area contributed by atoms with Gasteiger partial charge in [0.2, 0.25) is 0 Å². The van der Waals surface area contributed by atoms with Crippen LogP contribution < -0.4 is 0 Å². The van der Waals surface area contributed by atoms with Crippen molar-refractivity contribution >= 4 is 33.7 Å². The first-order valence-corrected chi connectivity index (χ1v) is 6.07. The number of hydrogen-bond acceptors (Lipinski definition) is 3. The third kappa shape index (κ3) is 3.85. The molecule has 1 aromatic carbocycles. The molecule has 0 saturated carbocycles. The van der Waals surface area contributed by atoms with Crippen molar-refractivity contribution in [2.45, 2.75) is 4.90 Å². The number of carbonyl (C=O) groups is 1. The Kier molecular flexibility index (Phi) is 5.14. The molecule has 3 nitrogen and oxygen atoms in total. The van der Waals surface area contributed by atoms with E-state index in [1.807, 2.05) is 0 Å². The molecule has 0 atom stereocenters. The lowest BCUT2D eigenvalue weighted by atomic mass is 10.2. The van der Waals surface area contributed by atoms with Crippen LogP contribution in [-0.2, 0) is 4.74 Å². The summed E-state index contributed by atoms with van der Waals surface area (Å²) in [7, 11) is 1.66. The van der Waals surface area contributed by atoms with Gasteiger partial charge in [0.05, 0.1) is 12.2 Å². The van der Waals surface area contributed by atoms with E-state index in [1.165, 1.54) is 0 Å². The standard InChI is InChI=1S/C10H11BrO3S/c1-14-4-5-15-9-3-2-7(10(12)13)6-8(9)11/h2-3,6H,4-5H2,1H3,(H,12,13). The van der Waals surface area contributed by atoms with Gasteiger partial charge in [-0.2, -0.15) is 0 Å². The lowest BCUT2D eigenvalue weighted by molar-refractivity contribution is 0.0696. The lowest BCUT2D eigenvalue weighted by Crippen LogP contribution is -1.96. The summed E-state index contributed by atoms with van der Waals surface area (Å²) in [5.74, 6) is -0.0641. The van der Waals surface area contributed by atoms with E-state index in [1.54, 1.807) is 37.1 Å². The highest BCUT2D eigenvalue weighted by Gasteiger charge is 2.06. The maximum Gasteiger partial charge on any atom is 0.335 e. The summed E-state index contributed by atoms with van der Waals surface area (Å²) < 4.78 is 5.74. The molecule has 1 N–H and O–H groups in total. The Morgan fingerprint density at radius 3 is 2.87 bits per heavy atom. The molecule has 0 bridgehead atoms. The van der Waals surface area contributed by atoms with E-state index in [0.29, 0.717) is 6.61 Å². The van der Waals surface area contributed by atoms with Crippen LogP contribution in [0.4, 0.5) is 0 Å². The average molecular weight is 291 g/mol. The molecule has 0 amide bonds. The summed E-state index contributed by atoms with van der Waals surface area (Å²) in [6.07, 6.45) is 0. The number of methoxy groups -OCH3 is 1. The molecule has 0 heterocycles. The van der Waals surface area contributed by atoms with Crippen molar-refractivity contribution in [1.82, 2.24) is 0 Å². The molecule has 0 aromatic heterocycles. The maximum absolute atomic E-state index is 10.7. The molecular formula is C10H11BrO3S. The average Bonchev–Trinajstić information content (AvgIpc) is 2.20. The van der Waals surface area contributed by atoms with Crippen molar-refractivity contribution in [3.63, 3.8) is 0 Å². The number of carboxylic acid groups (broad SMARTS) is 1. The van der Waals surface area contributed by atoms with Gasteiger partial charge in [-0.1, -0.05) is 0 Å². The van der Waals surface area contributed by atoms with Crippen LogP contribution in [0, 0.1) is 0 Å². The largest absolute Gasteiger partial charge is 0.478 e. The number of rotatable bonds is 5. The number of halogens is 1. The second-order valence-electron chi connectivity index (χ2n) is 2.79. The first kappa shape index (κ1) is 12.5. The molecule has 0 saturated heterocycles. The van der Waals surface area contributed by atoms with Crippen LogP contribution in [0.2, 0.25) is 0 Å². The van der Waals surface area contributed by atoms with E-state index in [0.717, 1.165) is 15.1 Å². The minimum Gasteiger partial charge on any atom is -0.478 e. The minimum atomic E-state index is -0.913. The van der Waals surface area contributed by atoms with Crippen LogP contribution in [0.3, 0.4) is 0 Å². The van der Waals surface area contributed by atoms with Crippen molar-refractivity contribution in [3.8, 4) is 0 Å². The Morgan fingerprint density at radius 2 is 2.33 bits per heavy atom. The van der Waals surface area contributed by atoms with Gasteiger partial charge in [0, 0.05) is 22.2 Å². The monoisotopic (exact) mass is 290 g/mol. The van der Waals surface area contributed by atoms with Gasteiger partial charge in [0.25, 0.3) is 0 Å². The molecule has 0 fully saturated rings. The van der Waals surface area contributed by atoms with E-state index in [-0.39, 0.29) is 5.56 Å². The van der Waals surface area contributed by atoms with Crippen LogP contribution in [0.15, 0.2) is 27.6 Å². The predicted molar refractivity (Wildman–Crippen MR) is 63.7 cm³/mol. The van der Waals surface area contributed by atoms with Crippen molar-refractivity contribution in [2.75, 3.05) is 19.5 Å². The van der Waals surface area contributed by atoms with Gasteiger partial charge in [0.15, 0.2) is 0 Å². The zero-order valence-corrected chi connectivity index (χ0v) is 10.6. The minimum absolute atomic E-state index is 0.290. The van der Waals surface area contributed by atoms with Gasteiger partial charge in [-0.05, 0) is 34.1 Å². The Bertz CT molecular complexity index is 355. The molecule has 0 aliphatic carbocycles. The molecule has 1 rings (SSSR count). The first-order chi connectivity index (χ1) is 7.15. The van der Waals surface area contributed by atoms with Crippen LogP contribution in [0.1, 0.15) is 10.4 Å². The van der Waals surface area contributed by atoms with E-state index in [9.17, 15) is 4.79 Å². The number of benzene rings is 1. The number of carboxylic acids is 1. The summed E-state index contributed by atoms with van der Waals surface area (Å²) in [6, 6.07) is 5.01. The molecule has 82 valence electrons. The molecule has 0 unspecified atom stereocenters. The van der Waals surface area contributed by atoms with Gasteiger partial charge in [-0.15, -0.1) is 11.8 Å². The number of hydrogen-bond donors (Lipinski definition) is 1. The molecule has 1 aromatic rings. The van der Waals surface area contributed by atoms with Gasteiger partial charge in [-0.25, -0.2) is 4.79 Å². The first-order valence-electron chi connectivity index (χ1n) is 4.29. The fraction of sp³-hybridized carbons (Fsp3) is 0.300. The van der Waals surface area contributed by atoms with Crippen molar-refractivity contribution in [2.24, 2.45) is 0 Å². The highest BCUT2D eigenvalue weighted by Crippen LogP contribution is 2.28. The highest BCUT2D eigenvalue weighted by molar-refractivity contribution is 9.10. The summed E-state index contributed by atoms with van der Waals surface area (Å²) in [5.41, 5.74) is 0.290. The zero-order valence-electron chi connectivity index (χ0n) is 8.20. The van der Waals surface area contributed by atoms with E-state index in [2.05, 4.69) is 15.9 Å². The second-order valence-corrected chi connectivity index (χ2v) is 4.78. The predicted octanol–water partition coefficient (Wildman–Crippen LogP) is 2.89. The molecule has 0 aliphatic heterocycles. The Labute approximate surface area is 101 Å². The second kappa shape index (κ2) is 6.15. The van der Waals surface area contributed by atoms with E-state index in [4.69, 9.17) is 9.84 Å². The lowest BCUT2D eigenvalue weighted by Gasteiger charge is -2.04. The molecule has 5 heteroatoms. The Balaban J connectivity index is 2.70. The fourth-order valence-corrected chi connectivity index (χ4v) is 2.54. The van der Waals surface area contributed by atoms with E-state index >= 15 is 0 Å². The van der Waals surface area contributed by atoms with Crippen molar-refractivity contribution in [3.05, 3.63) is 28.2 Å². The molecular weight excluding hydrogens is 280 g/mol. The highest BCUT2D eigenvalue weighted by atomic mass is 79.9. The molecule has 15 heavy (non-hydrogen) atoms. The van der Waals surface area contributed by atoms with Crippen LogP contribution in [-0.4, -0.2) is 30.5 Å². The summed E-state index contributed by atoms with van der Waals surface area (Å²) in [6.45, 7) is 0.678. The summed E-state index contributed by atoms with van der Waals surface area (Å²) in [4.78, 5) is 11.7. The third-order valence-electron chi connectivity index (χ3n) is 1.72. The van der Waals surface area contributed by atoms with Gasteiger partial charge in [0.1, 0.15) is 0 Å². The quantitative estimate of drug-likeness (QED) is 0.669. The zero-order chi connectivity index (χ0) is 11.3. The summed E-state index contributed by atoms with van der Waals surface area (Å²) >= 11 is 4.97. The molecule has 0 aliphatic rings. The maximum atomic E-state index is 10.7. The van der Waals surface area contributed by atoms with Crippen molar-refractivity contribution in [1.29, 1.82) is 0 Å². The summed E-state index contributed by atoms with van der Waals surface area (Å²) in [5, 5.41) is 8.77. The van der Waals surface area contributed by atoms with Crippen LogP contribution in [0.25, 0.3) is 0 Å². The number of thioether (sulfide) groups is 1. The van der Waals surface area contributed by atoms with Gasteiger partial charge >= 0.3 is 5.97 Å². The fourth-order valence-electron chi connectivity index (χ4n) is 0.986. The van der Waals surface area contributed by atoms with Crippen LogP contribution >= 0.6 is 27.7 Å². The van der Waals surface area contributed by atoms with Gasteiger partial charge < -0.3 is 9.84 Å². The number of ether oxygens (including phenoxy) is 1. The Hall–Kier alpha value is -0.520. The normalized spacial score (nSPS) is 10.3. The molecule has 0 spiro atoms. The van der Waals surface area contributed by atoms with E-state index < -0.39 is 5.97 Å². The van der Waals surface area contributed by atoms with Gasteiger partial charge in [-0.3, -0.25) is 0 Å². The SMILES string of the molecule is COCCSc1ccc(C(=O)O)cc1Br. The Morgan fingerprint density at radius 1 is 1.60 bits per heavy atom. The topological polar surface area (TPSA) is 46.5 Å². The molecule has 0 radical (unpaired) electrons. The van der Waals surface area contributed by atoms with Crippen molar-refractivity contribution < 1.29 is 14.6 Å². The number of aromatic carboxylic acids is 1. The smallest absolute Gasteiger partial charge is 0.335 e. The third-order valence-corrected chi connectivity index (χ3v) is 3.68. The van der Waals surface area contributed by atoms with Crippen LogP contribution in [0.5, 0.6) is 0 Å².